The number of hydrogen-bond donors (Lipinski definition) is 2. The minimum atomic E-state index is -1.45. The minimum Gasteiger partial charge on any atom is -0.480 e. The molecule has 0 aromatic rings. The van der Waals surface area contributed by atoms with Gasteiger partial charge in [0, 0.05) is 51.4 Å². The number of unbranched alkanes of at least 4 members (excludes halogenated alkanes) is 1. The molecule has 0 aromatic heterocycles. The minimum absolute atomic E-state index is 0.186. The lowest BCUT2D eigenvalue weighted by molar-refractivity contribution is -0.249. The van der Waals surface area contributed by atoms with Crippen LogP contribution in [0.4, 0.5) is 0 Å². The molecule has 63 heavy (non-hydrogen) atoms. The molecule has 0 bridgehead atoms. The molecule has 340 valence electrons. The smallest absolute Gasteiger partial charge is 0.348 e. The zero-order valence-corrected chi connectivity index (χ0v) is 36.5. The Bertz CT molecular complexity index is 2040. The van der Waals surface area contributed by atoms with E-state index in [1.165, 1.54) is 60.8 Å². The molecule has 4 aliphatic heterocycles. The van der Waals surface area contributed by atoms with Crippen molar-refractivity contribution in [2.24, 2.45) is 0 Å². The normalized spacial score (nSPS) is 24.0. The predicted molar refractivity (Wildman–Crippen MR) is 225 cm³/mol. The maximum atomic E-state index is 13.1. The van der Waals surface area contributed by atoms with Gasteiger partial charge in [0.1, 0.15) is 22.3 Å². The zero-order valence-electron chi connectivity index (χ0n) is 36.5. The van der Waals surface area contributed by atoms with Gasteiger partial charge in [-0.25, -0.2) is 28.8 Å². The molecule has 16 heteroatoms. The number of cyclic esters (lactones) is 6. The van der Waals surface area contributed by atoms with Crippen LogP contribution in [0, 0.1) is 0 Å². The van der Waals surface area contributed by atoms with Crippen LogP contribution in [0.1, 0.15) is 112 Å². The number of rotatable bonds is 20. The van der Waals surface area contributed by atoms with Crippen molar-refractivity contribution in [3.05, 3.63) is 119 Å². The average molecular weight is 877 g/mol. The van der Waals surface area contributed by atoms with Gasteiger partial charge in [0.25, 0.3) is 35.0 Å². The van der Waals surface area contributed by atoms with E-state index in [2.05, 4.69) is 0 Å². The first-order valence-corrected chi connectivity index (χ1v) is 21.2. The van der Waals surface area contributed by atoms with E-state index in [0.717, 1.165) is 0 Å². The van der Waals surface area contributed by atoms with Crippen LogP contribution in [0.2, 0.25) is 0 Å². The maximum absolute atomic E-state index is 13.1. The number of carbonyl (C=O) groups excluding carboxylic acids is 6. The largest absolute Gasteiger partial charge is 0.480 e. The first kappa shape index (κ1) is 49.1. The molecule has 4 heterocycles. The van der Waals surface area contributed by atoms with Crippen LogP contribution in [0.3, 0.4) is 0 Å². The van der Waals surface area contributed by atoms with Crippen LogP contribution < -0.4 is 0 Å². The summed E-state index contributed by atoms with van der Waals surface area (Å²) in [5.41, 5.74) is -0.880. The molecule has 4 rings (SSSR count). The van der Waals surface area contributed by atoms with Crippen molar-refractivity contribution >= 4 is 35.8 Å². The van der Waals surface area contributed by atoms with E-state index in [1.54, 1.807) is 58.9 Å². The molecule has 4 aliphatic rings. The van der Waals surface area contributed by atoms with Gasteiger partial charge in [-0.15, -0.1) is 0 Å². The topological polar surface area (TPSA) is 217 Å². The Balaban J connectivity index is 1.28. The fraction of sp³-hybridized carbons (Fsp3) is 0.447. The van der Waals surface area contributed by atoms with Gasteiger partial charge < -0.3 is 48.1 Å². The van der Waals surface area contributed by atoms with Crippen molar-refractivity contribution in [2.75, 3.05) is 0 Å². The highest BCUT2D eigenvalue weighted by Crippen LogP contribution is 2.38. The number of allylic oxidation sites excluding steroid dienone is 12. The second kappa shape index (κ2) is 22.0. The Morgan fingerprint density at radius 3 is 1.06 bits per heavy atom. The summed E-state index contributed by atoms with van der Waals surface area (Å²) in [6, 6.07) is 0. The third-order valence-corrected chi connectivity index (χ3v) is 10.6. The lowest BCUT2D eigenvalue weighted by Gasteiger charge is -2.37. The van der Waals surface area contributed by atoms with Crippen LogP contribution in [0.15, 0.2) is 119 Å². The molecule has 0 amide bonds. The second-order valence-corrected chi connectivity index (χ2v) is 14.8. The molecular formula is C47H56O16. The van der Waals surface area contributed by atoms with Gasteiger partial charge in [0.15, 0.2) is 0 Å². The van der Waals surface area contributed by atoms with Gasteiger partial charge in [-0.3, -0.25) is 0 Å². The van der Waals surface area contributed by atoms with Crippen molar-refractivity contribution in [1.29, 1.82) is 0 Å². The first-order chi connectivity index (χ1) is 30.1. The van der Waals surface area contributed by atoms with Crippen LogP contribution in [0.5, 0.6) is 0 Å². The zero-order chi connectivity index (χ0) is 46.3. The Morgan fingerprint density at radius 1 is 0.381 bits per heavy atom. The summed E-state index contributed by atoms with van der Waals surface area (Å²) in [6.07, 6.45) is 23.9. The predicted octanol–water partition coefficient (Wildman–Crippen LogP) is 8.26. The Hall–Kier alpha value is -6.58. The SMILES string of the molecule is CCCC1(CCCCC2(CC)OC(=O)C(/C=C/C=C/C=C/C=C3C(=O)OC(CC)(CC)OC3=O)=C(O)O2)OC(=O)C(/C=C/C=C/C=C/C=C2C(=O)OC(CC)(CC)OC2=O)=C(O)O1. The highest BCUT2D eigenvalue weighted by molar-refractivity contribution is 6.16. The number of hydrogen-bond acceptors (Lipinski definition) is 16. The molecule has 0 radical (unpaired) electrons. The highest BCUT2D eigenvalue weighted by Gasteiger charge is 2.46. The average Bonchev–Trinajstić information content (AvgIpc) is 3.24. The fourth-order valence-corrected chi connectivity index (χ4v) is 6.77. The van der Waals surface area contributed by atoms with E-state index in [9.17, 15) is 39.0 Å². The molecule has 2 atom stereocenters. The number of aliphatic hydroxyl groups excluding tert-OH is 2. The van der Waals surface area contributed by atoms with Crippen molar-refractivity contribution in [1.82, 2.24) is 0 Å². The summed E-state index contributed by atoms with van der Waals surface area (Å²) < 4.78 is 44.3. The van der Waals surface area contributed by atoms with E-state index in [1.807, 2.05) is 6.92 Å². The number of aliphatic hydroxyl groups is 2. The molecule has 16 nitrogen and oxygen atoms in total. The van der Waals surface area contributed by atoms with E-state index < -0.39 is 70.9 Å². The summed E-state index contributed by atoms with van der Waals surface area (Å²) in [4.78, 5) is 75.4. The first-order valence-electron chi connectivity index (χ1n) is 21.2. The molecule has 2 fully saturated rings. The van der Waals surface area contributed by atoms with Gasteiger partial charge in [-0.2, -0.15) is 0 Å². The number of carbonyl (C=O) groups is 6. The van der Waals surface area contributed by atoms with E-state index in [-0.39, 0.29) is 48.0 Å². The van der Waals surface area contributed by atoms with Crippen LogP contribution in [-0.4, -0.2) is 69.2 Å². The Morgan fingerprint density at radius 2 is 0.698 bits per heavy atom. The van der Waals surface area contributed by atoms with Crippen molar-refractivity contribution < 1.29 is 76.9 Å². The standard InChI is InChI=1S/C47H56O16/c1-7-29-47(62-42(54)35(43(55)63-47)28-22-18-14-16-20-26-33-38(50)58-45(10-4,11-5)59-39(33)51)31-24-23-30-46(12-6)60-40(52)34(41(53)61-46)27-21-17-13-15-19-25-32-36(48)56-44(8-2,9-3)57-37(32)49/h13-22,25-28,52,54H,7-12,23-24,29-31H2,1-6H3/b17-13+,18-14+,19-15+,20-16+,27-21+,28-22+. The van der Waals surface area contributed by atoms with Gasteiger partial charge >= 0.3 is 35.8 Å². The van der Waals surface area contributed by atoms with E-state index in [4.69, 9.17) is 37.9 Å². The lowest BCUT2D eigenvalue weighted by Crippen LogP contribution is -2.45. The molecule has 0 aromatic carbocycles. The molecule has 0 spiro atoms. The lowest BCUT2D eigenvalue weighted by atomic mass is 9.98. The monoisotopic (exact) mass is 876 g/mol. The van der Waals surface area contributed by atoms with Crippen LogP contribution in [0.25, 0.3) is 0 Å². The summed E-state index contributed by atoms with van der Waals surface area (Å²) in [5, 5.41) is 21.5. The Kier molecular flexibility index (Phi) is 17.1. The highest BCUT2D eigenvalue weighted by atomic mass is 16.8. The summed E-state index contributed by atoms with van der Waals surface area (Å²) in [7, 11) is 0. The number of ether oxygens (including phenoxy) is 8. The van der Waals surface area contributed by atoms with Gasteiger partial charge in [-0.05, 0) is 43.6 Å². The number of esters is 6. The second-order valence-electron chi connectivity index (χ2n) is 14.8. The molecule has 2 saturated heterocycles. The van der Waals surface area contributed by atoms with Crippen LogP contribution >= 0.6 is 0 Å². The fourth-order valence-electron chi connectivity index (χ4n) is 6.77. The van der Waals surface area contributed by atoms with Crippen molar-refractivity contribution in [2.45, 2.75) is 135 Å². The van der Waals surface area contributed by atoms with E-state index in [0.29, 0.717) is 44.9 Å². The van der Waals surface area contributed by atoms with Crippen LogP contribution in [-0.2, 0) is 66.7 Å². The van der Waals surface area contributed by atoms with Gasteiger partial charge in [0.2, 0.25) is 0 Å². The molecule has 0 saturated carbocycles. The van der Waals surface area contributed by atoms with Gasteiger partial charge in [-0.1, -0.05) is 102 Å². The molecule has 2 N–H and O–H groups in total. The quantitative estimate of drug-likeness (QED) is 0.0294. The summed E-state index contributed by atoms with van der Waals surface area (Å²) in [6.45, 7) is 10.6. The Labute approximate surface area is 366 Å². The maximum Gasteiger partial charge on any atom is 0.348 e. The van der Waals surface area contributed by atoms with Crippen molar-refractivity contribution in [3.8, 4) is 0 Å². The molecule has 0 aliphatic carbocycles. The molecule has 2 unspecified atom stereocenters. The molecular weight excluding hydrogens is 821 g/mol. The van der Waals surface area contributed by atoms with Crippen molar-refractivity contribution in [3.63, 3.8) is 0 Å². The third-order valence-electron chi connectivity index (χ3n) is 10.6. The summed E-state index contributed by atoms with van der Waals surface area (Å²) in [5.74, 6) is -11.3. The van der Waals surface area contributed by atoms with Gasteiger partial charge in [0.05, 0.1) is 0 Å². The third kappa shape index (κ3) is 12.3. The summed E-state index contributed by atoms with van der Waals surface area (Å²) >= 11 is 0. The van der Waals surface area contributed by atoms with E-state index >= 15 is 0 Å².